The van der Waals surface area contributed by atoms with Crippen LogP contribution in [0.25, 0.3) is 11.2 Å². The lowest BCUT2D eigenvalue weighted by Crippen LogP contribution is -2.40. The molecule has 7 nitrogen and oxygen atoms in total. The van der Waals surface area contributed by atoms with Crippen LogP contribution in [0.3, 0.4) is 0 Å². The van der Waals surface area contributed by atoms with Crippen LogP contribution in [0.5, 0.6) is 0 Å². The molecule has 3 aliphatic rings. The second-order valence-corrected chi connectivity index (χ2v) is 7.78. The summed E-state index contributed by atoms with van der Waals surface area (Å²) < 4.78 is 8.77. The number of rotatable bonds is 5. The summed E-state index contributed by atoms with van der Waals surface area (Å²) >= 11 is 0. The molecule has 3 heterocycles. The number of aryl methyl sites for hydroxylation is 1. The number of H-pyrrole nitrogens is 1. The summed E-state index contributed by atoms with van der Waals surface area (Å²) in [6, 6.07) is 0. The first-order chi connectivity index (χ1) is 12.1. The van der Waals surface area contributed by atoms with Gasteiger partial charge in [-0.15, -0.1) is 0 Å². The molecular formula is C18H24N4O3. The third kappa shape index (κ3) is 2.05. The summed E-state index contributed by atoms with van der Waals surface area (Å²) in [6.07, 6.45) is 4.73. The largest absolute Gasteiger partial charge is 0.369 e. The molecule has 7 heteroatoms. The highest BCUT2D eigenvalue weighted by Gasteiger charge is 2.63. The van der Waals surface area contributed by atoms with Crippen LogP contribution >= 0.6 is 0 Å². The maximum Gasteiger partial charge on any atom is 0.332 e. The Morgan fingerprint density at radius 3 is 2.56 bits per heavy atom. The third-order valence-corrected chi connectivity index (χ3v) is 6.22. The molecule has 25 heavy (non-hydrogen) atoms. The molecule has 2 aromatic heterocycles. The van der Waals surface area contributed by atoms with Crippen LogP contribution in [-0.2, 0) is 17.8 Å². The molecule has 0 aromatic carbocycles. The first-order valence-electron chi connectivity index (χ1n) is 9.52. The molecule has 0 spiro atoms. The fraction of sp³-hybridized carbons (Fsp3) is 0.722. The second-order valence-electron chi connectivity index (χ2n) is 7.78. The van der Waals surface area contributed by atoms with Crippen LogP contribution in [0, 0.1) is 11.8 Å². The molecule has 3 unspecified atom stereocenters. The molecule has 1 saturated heterocycles. The first kappa shape index (κ1) is 15.4. The minimum absolute atomic E-state index is 0.238. The Morgan fingerprint density at radius 1 is 1.12 bits per heavy atom. The van der Waals surface area contributed by atoms with Crippen molar-refractivity contribution in [1.29, 1.82) is 0 Å². The van der Waals surface area contributed by atoms with E-state index in [1.807, 2.05) is 13.8 Å². The van der Waals surface area contributed by atoms with E-state index in [4.69, 9.17) is 9.72 Å². The zero-order chi connectivity index (χ0) is 17.3. The van der Waals surface area contributed by atoms with Gasteiger partial charge in [0, 0.05) is 19.0 Å². The predicted octanol–water partition coefficient (Wildman–Crippen LogP) is 1.60. The normalized spacial score (nSPS) is 32.5. The Morgan fingerprint density at radius 2 is 1.88 bits per heavy atom. The number of nitrogens with one attached hydrogen (secondary N) is 1. The number of imidazole rings is 1. The monoisotopic (exact) mass is 344 g/mol. The molecular weight excluding hydrogens is 320 g/mol. The summed E-state index contributed by atoms with van der Waals surface area (Å²) in [5, 5.41) is 0. The van der Waals surface area contributed by atoms with Gasteiger partial charge in [0.2, 0.25) is 0 Å². The van der Waals surface area contributed by atoms with E-state index >= 15 is 0 Å². The third-order valence-electron chi connectivity index (χ3n) is 6.22. The summed E-state index contributed by atoms with van der Waals surface area (Å²) in [5.74, 6) is 2.35. The Kier molecular flexibility index (Phi) is 3.26. The van der Waals surface area contributed by atoms with E-state index < -0.39 is 0 Å². The SMILES string of the molecule is CCCn1c(=O)c2[nH]c(C3CC4CC3[C@H]3O[C@@H]43)nc2n(CCC)c1=O. The number of aromatic amines is 1. The van der Waals surface area contributed by atoms with Crippen molar-refractivity contribution in [3.8, 4) is 0 Å². The molecule has 2 saturated carbocycles. The zero-order valence-corrected chi connectivity index (χ0v) is 14.7. The first-order valence-corrected chi connectivity index (χ1v) is 9.52. The van der Waals surface area contributed by atoms with Crippen molar-refractivity contribution < 1.29 is 4.74 Å². The fourth-order valence-electron chi connectivity index (χ4n) is 5.12. The van der Waals surface area contributed by atoms with Crippen LogP contribution in [-0.4, -0.2) is 31.3 Å². The van der Waals surface area contributed by atoms with Gasteiger partial charge in [0.25, 0.3) is 5.56 Å². The number of epoxide rings is 1. The standard InChI is InChI=1S/C18H24N4O3/c1-3-5-21-16-12(17(23)22(6-4-2)18(21)24)19-15(20-16)11-8-9-7-10(11)14-13(9)25-14/h9-11,13-14H,3-8H2,1-2H3,(H,19,20)/t9?,10?,11?,13-,14+/m0/s1. The van der Waals surface area contributed by atoms with Crippen molar-refractivity contribution in [2.75, 3.05) is 0 Å². The van der Waals surface area contributed by atoms with Crippen LogP contribution in [0.1, 0.15) is 51.3 Å². The van der Waals surface area contributed by atoms with Gasteiger partial charge < -0.3 is 9.72 Å². The number of hydrogen-bond acceptors (Lipinski definition) is 4. The van der Waals surface area contributed by atoms with Crippen molar-refractivity contribution >= 4 is 11.2 Å². The fourth-order valence-corrected chi connectivity index (χ4v) is 5.12. The molecule has 0 radical (unpaired) electrons. The average Bonchev–Trinajstić information content (AvgIpc) is 2.99. The van der Waals surface area contributed by atoms with Gasteiger partial charge >= 0.3 is 5.69 Å². The van der Waals surface area contributed by atoms with E-state index in [1.54, 1.807) is 4.57 Å². The number of fused-ring (bicyclic) bond motifs is 6. The molecule has 0 amide bonds. The van der Waals surface area contributed by atoms with Gasteiger partial charge in [-0.25, -0.2) is 9.78 Å². The summed E-state index contributed by atoms with van der Waals surface area (Å²) in [5.41, 5.74) is 0.525. The topological polar surface area (TPSA) is 85.2 Å². The predicted molar refractivity (Wildman–Crippen MR) is 92.8 cm³/mol. The lowest BCUT2D eigenvalue weighted by atomic mass is 9.88. The van der Waals surface area contributed by atoms with Gasteiger partial charge in [-0.2, -0.15) is 0 Å². The van der Waals surface area contributed by atoms with E-state index in [1.165, 1.54) is 11.0 Å². The average molecular weight is 344 g/mol. The number of ether oxygens (including phenoxy) is 1. The van der Waals surface area contributed by atoms with E-state index in [2.05, 4.69) is 4.98 Å². The van der Waals surface area contributed by atoms with Gasteiger partial charge in [0.15, 0.2) is 5.65 Å². The minimum atomic E-state index is -0.239. The zero-order valence-electron chi connectivity index (χ0n) is 14.7. The molecule has 134 valence electrons. The molecule has 2 bridgehead atoms. The second kappa shape index (κ2) is 5.30. The maximum absolute atomic E-state index is 12.8. The van der Waals surface area contributed by atoms with Crippen molar-refractivity contribution in [2.24, 2.45) is 11.8 Å². The summed E-state index contributed by atoms with van der Waals surface area (Å²) in [7, 11) is 0. The van der Waals surface area contributed by atoms with Crippen molar-refractivity contribution in [3.63, 3.8) is 0 Å². The van der Waals surface area contributed by atoms with Gasteiger partial charge in [-0.3, -0.25) is 13.9 Å². The van der Waals surface area contributed by atoms with Crippen molar-refractivity contribution in [2.45, 2.75) is 70.7 Å². The van der Waals surface area contributed by atoms with Gasteiger partial charge in [0.05, 0.1) is 12.2 Å². The maximum atomic E-state index is 12.8. The smallest absolute Gasteiger partial charge is 0.332 e. The van der Waals surface area contributed by atoms with Gasteiger partial charge in [0.1, 0.15) is 11.3 Å². The molecule has 2 aromatic rings. The highest BCUT2D eigenvalue weighted by Crippen LogP contribution is 2.61. The highest BCUT2D eigenvalue weighted by molar-refractivity contribution is 5.70. The van der Waals surface area contributed by atoms with Crippen LogP contribution in [0.15, 0.2) is 9.59 Å². The number of nitrogens with zero attached hydrogens (tertiary/aromatic N) is 3. The molecule has 5 rings (SSSR count). The Labute approximate surface area is 145 Å². The quantitative estimate of drug-likeness (QED) is 0.835. The lowest BCUT2D eigenvalue weighted by molar-refractivity contribution is 0.260. The summed E-state index contributed by atoms with van der Waals surface area (Å²) in [6.45, 7) is 5.02. The van der Waals surface area contributed by atoms with E-state index in [0.717, 1.165) is 25.1 Å². The molecule has 5 atom stereocenters. The summed E-state index contributed by atoms with van der Waals surface area (Å²) in [4.78, 5) is 33.6. The lowest BCUT2D eigenvalue weighted by Gasteiger charge is -2.16. The van der Waals surface area contributed by atoms with E-state index in [9.17, 15) is 9.59 Å². The molecule has 2 aliphatic carbocycles. The molecule has 3 fully saturated rings. The van der Waals surface area contributed by atoms with Crippen LogP contribution in [0.4, 0.5) is 0 Å². The Bertz CT molecular complexity index is 956. The number of hydrogen-bond donors (Lipinski definition) is 1. The van der Waals surface area contributed by atoms with Gasteiger partial charge in [-0.1, -0.05) is 13.8 Å². The van der Waals surface area contributed by atoms with Crippen molar-refractivity contribution in [1.82, 2.24) is 19.1 Å². The highest BCUT2D eigenvalue weighted by atomic mass is 16.6. The minimum Gasteiger partial charge on any atom is -0.369 e. The molecule has 1 N–H and O–H groups in total. The Hall–Kier alpha value is -1.89. The Balaban J connectivity index is 1.65. The van der Waals surface area contributed by atoms with Crippen molar-refractivity contribution in [3.05, 3.63) is 26.7 Å². The van der Waals surface area contributed by atoms with Crippen LogP contribution < -0.4 is 11.2 Å². The van der Waals surface area contributed by atoms with E-state index in [-0.39, 0.29) is 11.2 Å². The van der Waals surface area contributed by atoms with Gasteiger partial charge in [-0.05, 0) is 37.5 Å². The van der Waals surface area contributed by atoms with Crippen LogP contribution in [0.2, 0.25) is 0 Å². The number of aromatic nitrogens is 4. The van der Waals surface area contributed by atoms with E-state index in [0.29, 0.717) is 54.2 Å². The molecule has 1 aliphatic heterocycles.